The Morgan fingerprint density at radius 1 is 1.17 bits per heavy atom. The molecule has 0 amide bonds. The van der Waals surface area contributed by atoms with Gasteiger partial charge in [-0.1, -0.05) is 11.3 Å². The highest BCUT2D eigenvalue weighted by molar-refractivity contribution is 7.22. The normalized spacial score (nSPS) is 15.3. The number of benzene rings is 1. The minimum absolute atomic E-state index is 0.553. The van der Waals surface area contributed by atoms with E-state index in [-0.39, 0.29) is 0 Å². The SMILES string of the molecule is COc1ccc(-c2csc(N3CCCCC3)n2)c2sc(N)nc12. The fourth-order valence-corrected chi connectivity index (χ4v) is 4.74. The number of anilines is 2. The zero-order chi connectivity index (χ0) is 15.8. The van der Waals surface area contributed by atoms with Crippen molar-refractivity contribution in [1.82, 2.24) is 9.97 Å². The van der Waals surface area contributed by atoms with Gasteiger partial charge in [0.25, 0.3) is 0 Å². The van der Waals surface area contributed by atoms with Crippen LogP contribution in [0.2, 0.25) is 0 Å². The van der Waals surface area contributed by atoms with E-state index >= 15 is 0 Å². The van der Waals surface area contributed by atoms with Gasteiger partial charge in [-0.05, 0) is 31.4 Å². The van der Waals surface area contributed by atoms with Crippen LogP contribution in [-0.4, -0.2) is 30.2 Å². The van der Waals surface area contributed by atoms with Crippen molar-refractivity contribution in [2.45, 2.75) is 19.3 Å². The molecule has 1 aliphatic rings. The second-order valence-electron chi connectivity index (χ2n) is 5.61. The molecule has 0 bridgehead atoms. The topological polar surface area (TPSA) is 64.3 Å². The van der Waals surface area contributed by atoms with Gasteiger partial charge in [0.2, 0.25) is 0 Å². The van der Waals surface area contributed by atoms with Crippen LogP contribution in [0.1, 0.15) is 19.3 Å². The van der Waals surface area contributed by atoms with Crippen molar-refractivity contribution >= 4 is 43.2 Å². The number of thiazole rings is 2. The maximum atomic E-state index is 5.91. The number of nitrogens with two attached hydrogens (primary N) is 1. The number of methoxy groups -OCH3 is 1. The number of aromatic nitrogens is 2. The van der Waals surface area contributed by atoms with Crippen LogP contribution in [0, 0.1) is 0 Å². The minimum Gasteiger partial charge on any atom is -0.494 e. The van der Waals surface area contributed by atoms with Crippen LogP contribution in [-0.2, 0) is 0 Å². The first-order valence-corrected chi connectivity index (χ1v) is 9.40. The van der Waals surface area contributed by atoms with E-state index in [1.54, 1.807) is 18.4 Å². The Labute approximate surface area is 142 Å². The molecule has 7 heteroatoms. The van der Waals surface area contributed by atoms with E-state index in [4.69, 9.17) is 15.5 Å². The lowest BCUT2D eigenvalue weighted by Gasteiger charge is -2.25. The van der Waals surface area contributed by atoms with Crippen LogP contribution in [0.3, 0.4) is 0 Å². The summed E-state index contributed by atoms with van der Waals surface area (Å²) in [6.45, 7) is 2.22. The molecule has 0 radical (unpaired) electrons. The third kappa shape index (κ3) is 2.64. The number of hydrogen-bond donors (Lipinski definition) is 1. The highest BCUT2D eigenvalue weighted by atomic mass is 32.1. The summed E-state index contributed by atoms with van der Waals surface area (Å²) in [5.41, 5.74) is 8.80. The van der Waals surface area contributed by atoms with E-state index in [1.807, 2.05) is 12.1 Å². The molecule has 0 aliphatic carbocycles. The van der Waals surface area contributed by atoms with Crippen LogP contribution in [0.4, 0.5) is 10.3 Å². The van der Waals surface area contributed by atoms with Gasteiger partial charge in [0.05, 0.1) is 17.5 Å². The smallest absolute Gasteiger partial charge is 0.185 e. The quantitative estimate of drug-likeness (QED) is 0.776. The maximum absolute atomic E-state index is 5.91. The Bertz CT molecular complexity index is 836. The number of rotatable bonds is 3. The van der Waals surface area contributed by atoms with E-state index in [0.717, 1.165) is 45.4 Å². The zero-order valence-electron chi connectivity index (χ0n) is 12.9. The van der Waals surface area contributed by atoms with Crippen molar-refractivity contribution < 1.29 is 4.74 Å². The largest absolute Gasteiger partial charge is 0.494 e. The van der Waals surface area contributed by atoms with Crippen molar-refractivity contribution in [3.63, 3.8) is 0 Å². The Hall–Kier alpha value is -1.86. The van der Waals surface area contributed by atoms with Crippen LogP contribution in [0.25, 0.3) is 21.5 Å². The summed E-state index contributed by atoms with van der Waals surface area (Å²) in [5.74, 6) is 0.753. The van der Waals surface area contributed by atoms with Gasteiger partial charge in [-0.3, -0.25) is 0 Å². The predicted molar refractivity (Wildman–Crippen MR) is 97.8 cm³/mol. The molecule has 1 aromatic carbocycles. The minimum atomic E-state index is 0.553. The monoisotopic (exact) mass is 346 g/mol. The molecule has 1 aliphatic heterocycles. The van der Waals surface area contributed by atoms with Crippen molar-refractivity contribution in [2.75, 3.05) is 30.8 Å². The van der Waals surface area contributed by atoms with E-state index < -0.39 is 0 Å². The lowest BCUT2D eigenvalue weighted by Crippen LogP contribution is -2.29. The van der Waals surface area contributed by atoms with Gasteiger partial charge in [0, 0.05) is 24.0 Å². The molecular weight excluding hydrogens is 328 g/mol. The molecule has 2 N–H and O–H groups in total. The second-order valence-corrected chi connectivity index (χ2v) is 7.48. The summed E-state index contributed by atoms with van der Waals surface area (Å²) in [6, 6.07) is 3.99. The molecule has 120 valence electrons. The average molecular weight is 346 g/mol. The molecule has 3 aromatic rings. The Balaban J connectivity index is 1.76. The number of fused-ring (bicyclic) bond motifs is 1. The van der Waals surface area contributed by atoms with Crippen LogP contribution in [0.15, 0.2) is 17.5 Å². The van der Waals surface area contributed by atoms with Crippen molar-refractivity contribution in [3.8, 4) is 17.0 Å². The lowest BCUT2D eigenvalue weighted by atomic mass is 10.1. The van der Waals surface area contributed by atoms with Gasteiger partial charge in [0.1, 0.15) is 11.3 Å². The Morgan fingerprint density at radius 2 is 2.00 bits per heavy atom. The molecule has 1 fully saturated rings. The average Bonchev–Trinajstić information content (AvgIpc) is 3.21. The van der Waals surface area contributed by atoms with Crippen molar-refractivity contribution in [1.29, 1.82) is 0 Å². The first-order chi connectivity index (χ1) is 11.3. The first kappa shape index (κ1) is 14.7. The Morgan fingerprint density at radius 3 is 2.78 bits per heavy atom. The third-order valence-corrected chi connectivity index (χ3v) is 5.96. The number of piperidine rings is 1. The predicted octanol–water partition coefficient (Wildman–Crippen LogP) is 4.00. The van der Waals surface area contributed by atoms with Crippen molar-refractivity contribution in [3.05, 3.63) is 17.5 Å². The van der Waals surface area contributed by atoms with Gasteiger partial charge in [-0.15, -0.1) is 11.3 Å². The molecule has 3 heterocycles. The fraction of sp³-hybridized carbons (Fsp3) is 0.375. The second kappa shape index (κ2) is 5.98. The van der Waals surface area contributed by atoms with Gasteiger partial charge < -0.3 is 15.4 Å². The maximum Gasteiger partial charge on any atom is 0.185 e. The fourth-order valence-electron chi connectivity index (χ4n) is 2.98. The summed E-state index contributed by atoms with van der Waals surface area (Å²) in [6.07, 6.45) is 3.84. The summed E-state index contributed by atoms with van der Waals surface area (Å²) in [4.78, 5) is 11.7. The zero-order valence-corrected chi connectivity index (χ0v) is 14.5. The number of ether oxygens (including phenoxy) is 1. The van der Waals surface area contributed by atoms with Crippen LogP contribution >= 0.6 is 22.7 Å². The molecule has 0 spiro atoms. The molecule has 23 heavy (non-hydrogen) atoms. The molecular formula is C16H18N4OS2. The molecule has 5 nitrogen and oxygen atoms in total. The van der Waals surface area contributed by atoms with E-state index in [1.165, 1.54) is 30.6 Å². The van der Waals surface area contributed by atoms with Crippen molar-refractivity contribution in [2.24, 2.45) is 0 Å². The van der Waals surface area contributed by atoms with E-state index in [9.17, 15) is 0 Å². The summed E-state index contributed by atoms with van der Waals surface area (Å²) in [7, 11) is 1.65. The molecule has 0 saturated carbocycles. The van der Waals surface area contributed by atoms with Crippen LogP contribution in [0.5, 0.6) is 5.75 Å². The Kier molecular flexibility index (Phi) is 3.82. The van der Waals surface area contributed by atoms with E-state index in [0.29, 0.717) is 5.13 Å². The highest BCUT2D eigenvalue weighted by Gasteiger charge is 2.18. The molecule has 0 atom stereocenters. The van der Waals surface area contributed by atoms with E-state index in [2.05, 4.69) is 15.3 Å². The summed E-state index contributed by atoms with van der Waals surface area (Å²) >= 11 is 3.20. The molecule has 4 rings (SSSR count). The number of hydrogen-bond acceptors (Lipinski definition) is 7. The first-order valence-electron chi connectivity index (χ1n) is 7.70. The summed E-state index contributed by atoms with van der Waals surface area (Å²) in [5, 5.41) is 3.79. The molecule has 1 saturated heterocycles. The highest BCUT2D eigenvalue weighted by Crippen LogP contribution is 2.40. The van der Waals surface area contributed by atoms with Gasteiger partial charge in [-0.2, -0.15) is 0 Å². The van der Waals surface area contributed by atoms with Gasteiger partial charge in [0.15, 0.2) is 10.3 Å². The molecule has 0 unspecified atom stereocenters. The standard InChI is InChI=1S/C16H18N4OS2/c1-21-12-6-5-10(14-13(12)19-15(17)23-14)11-9-22-16(18-11)20-7-3-2-4-8-20/h5-6,9H,2-4,7-8H2,1H3,(H2,17,19). The van der Waals surface area contributed by atoms with Crippen LogP contribution < -0.4 is 15.4 Å². The van der Waals surface area contributed by atoms with Gasteiger partial charge in [-0.25, -0.2) is 9.97 Å². The van der Waals surface area contributed by atoms with Gasteiger partial charge >= 0.3 is 0 Å². The third-order valence-electron chi connectivity index (χ3n) is 4.14. The summed E-state index contributed by atoms with van der Waals surface area (Å²) < 4.78 is 6.43. The molecule has 2 aromatic heterocycles. The lowest BCUT2D eigenvalue weighted by molar-refractivity contribution is 0.419. The number of nitrogen functional groups attached to an aromatic ring is 1. The number of nitrogens with zero attached hydrogens (tertiary/aromatic N) is 3.